The van der Waals surface area contributed by atoms with Gasteiger partial charge >= 0.3 is 0 Å². The molecule has 4 heterocycles. The van der Waals surface area contributed by atoms with Crippen molar-refractivity contribution in [2.45, 2.75) is 33.1 Å². The van der Waals surface area contributed by atoms with Gasteiger partial charge in [0.05, 0.1) is 0 Å². The van der Waals surface area contributed by atoms with Crippen molar-refractivity contribution < 1.29 is 4.79 Å². The minimum absolute atomic E-state index is 0.0376. The van der Waals surface area contributed by atoms with Crippen molar-refractivity contribution >= 4 is 11.7 Å². The number of rotatable bonds is 2. The second-order valence-electron chi connectivity index (χ2n) is 8.57. The van der Waals surface area contributed by atoms with Crippen LogP contribution in [0.25, 0.3) is 0 Å². The molecular formula is C19H26N6O. The van der Waals surface area contributed by atoms with Crippen LogP contribution in [0.2, 0.25) is 0 Å². The van der Waals surface area contributed by atoms with Crippen molar-refractivity contribution in [1.82, 2.24) is 25.1 Å². The van der Waals surface area contributed by atoms with Gasteiger partial charge in [-0.25, -0.2) is 9.97 Å². The molecule has 4 rings (SSSR count). The number of carbonyl (C=O) groups excluding carboxylic acids is 1. The molecule has 138 valence electrons. The molecule has 0 spiro atoms. The zero-order valence-electron chi connectivity index (χ0n) is 15.9. The summed E-state index contributed by atoms with van der Waals surface area (Å²) in [6.45, 7) is 11.8. The van der Waals surface area contributed by atoms with Gasteiger partial charge in [0, 0.05) is 60.9 Å². The summed E-state index contributed by atoms with van der Waals surface area (Å²) in [4.78, 5) is 25.7. The van der Waals surface area contributed by atoms with Gasteiger partial charge in [0.1, 0.15) is 17.8 Å². The maximum Gasteiger partial charge on any atom is 0.274 e. The first-order chi connectivity index (χ1) is 12.3. The van der Waals surface area contributed by atoms with E-state index in [0.29, 0.717) is 17.5 Å². The Labute approximate surface area is 153 Å². The molecule has 2 fully saturated rings. The number of amides is 1. The maximum absolute atomic E-state index is 12.8. The third-order valence-corrected chi connectivity index (χ3v) is 5.49. The lowest BCUT2D eigenvalue weighted by Crippen LogP contribution is -2.33. The second kappa shape index (κ2) is 6.07. The van der Waals surface area contributed by atoms with Crippen LogP contribution < -0.4 is 4.90 Å². The lowest BCUT2D eigenvalue weighted by molar-refractivity contribution is 0.0776. The first-order valence-corrected chi connectivity index (χ1v) is 9.20. The molecule has 0 aliphatic carbocycles. The lowest BCUT2D eigenvalue weighted by Gasteiger charge is -2.22. The fourth-order valence-electron chi connectivity index (χ4n) is 3.94. The Morgan fingerprint density at radius 2 is 1.81 bits per heavy atom. The van der Waals surface area contributed by atoms with Crippen molar-refractivity contribution in [3.63, 3.8) is 0 Å². The van der Waals surface area contributed by atoms with Crippen LogP contribution in [-0.4, -0.2) is 57.2 Å². The van der Waals surface area contributed by atoms with Gasteiger partial charge in [0.15, 0.2) is 0 Å². The van der Waals surface area contributed by atoms with E-state index in [1.54, 1.807) is 6.33 Å². The van der Waals surface area contributed by atoms with Crippen molar-refractivity contribution in [2.75, 3.05) is 31.1 Å². The first kappa shape index (κ1) is 17.0. The average Bonchev–Trinajstić information content (AvgIpc) is 3.27. The van der Waals surface area contributed by atoms with Crippen LogP contribution >= 0.6 is 0 Å². The molecule has 7 nitrogen and oxygen atoms in total. The van der Waals surface area contributed by atoms with Crippen LogP contribution in [-0.2, 0) is 5.41 Å². The Kier molecular flexibility index (Phi) is 3.97. The fraction of sp³-hybridized carbons (Fsp3) is 0.579. The van der Waals surface area contributed by atoms with Crippen LogP contribution in [0, 0.1) is 18.8 Å². The largest absolute Gasteiger partial charge is 0.356 e. The van der Waals surface area contributed by atoms with Gasteiger partial charge < -0.3 is 9.80 Å². The number of likely N-dealkylation sites (tertiary alicyclic amines) is 1. The van der Waals surface area contributed by atoms with Crippen LogP contribution in [0.15, 0.2) is 18.5 Å². The van der Waals surface area contributed by atoms with Crippen LogP contribution in [0.4, 0.5) is 5.82 Å². The van der Waals surface area contributed by atoms with E-state index >= 15 is 0 Å². The number of hydrogen-bond donors (Lipinski definition) is 1. The zero-order chi connectivity index (χ0) is 18.5. The molecule has 1 N–H and O–H groups in total. The molecule has 0 radical (unpaired) electrons. The molecule has 7 heteroatoms. The van der Waals surface area contributed by atoms with Gasteiger partial charge in [-0.3, -0.25) is 9.89 Å². The topological polar surface area (TPSA) is 78.0 Å². The summed E-state index contributed by atoms with van der Waals surface area (Å²) in [5.41, 5.74) is 2.46. The minimum atomic E-state index is -0.0385. The molecule has 2 aliphatic rings. The first-order valence-electron chi connectivity index (χ1n) is 9.20. The Bertz CT molecular complexity index is 809. The summed E-state index contributed by atoms with van der Waals surface area (Å²) in [6, 6.07) is 3.92. The smallest absolute Gasteiger partial charge is 0.274 e. The predicted octanol–water partition coefficient (Wildman–Crippen LogP) is 2.01. The zero-order valence-corrected chi connectivity index (χ0v) is 15.9. The molecule has 2 saturated heterocycles. The van der Waals surface area contributed by atoms with Crippen molar-refractivity contribution in [1.29, 1.82) is 0 Å². The number of carbonyl (C=O) groups is 1. The molecule has 2 unspecified atom stereocenters. The summed E-state index contributed by atoms with van der Waals surface area (Å²) in [5.74, 6) is 2.02. The molecule has 2 atom stereocenters. The van der Waals surface area contributed by atoms with Gasteiger partial charge in [0.2, 0.25) is 0 Å². The van der Waals surface area contributed by atoms with Gasteiger partial charge in [-0.1, -0.05) is 20.8 Å². The highest BCUT2D eigenvalue weighted by Gasteiger charge is 2.42. The standard InChI is InChI=1S/C19H26N6O/c1-12-5-17(21-11-20-12)24-7-13-9-25(10-14(13)8-24)18(26)15-6-16(23-22-15)19(2,3)4/h5-6,11,13-14H,7-10H2,1-4H3,(H,22,23). The molecular weight excluding hydrogens is 328 g/mol. The molecule has 0 aromatic carbocycles. The Morgan fingerprint density at radius 3 is 2.38 bits per heavy atom. The summed E-state index contributed by atoms with van der Waals surface area (Å²) in [6.07, 6.45) is 1.62. The van der Waals surface area contributed by atoms with E-state index in [-0.39, 0.29) is 11.3 Å². The predicted molar refractivity (Wildman–Crippen MR) is 99.2 cm³/mol. The summed E-state index contributed by atoms with van der Waals surface area (Å²) >= 11 is 0. The Hall–Kier alpha value is -2.44. The second-order valence-corrected chi connectivity index (χ2v) is 8.57. The monoisotopic (exact) mass is 354 g/mol. The number of aromatic nitrogens is 4. The third kappa shape index (κ3) is 3.06. The molecule has 2 aromatic rings. The van der Waals surface area contributed by atoms with Crippen molar-refractivity contribution in [2.24, 2.45) is 11.8 Å². The lowest BCUT2D eigenvalue weighted by atomic mass is 9.92. The molecule has 0 bridgehead atoms. The van der Waals surface area contributed by atoms with E-state index in [9.17, 15) is 4.79 Å². The number of aromatic amines is 1. The highest BCUT2D eigenvalue weighted by atomic mass is 16.2. The summed E-state index contributed by atoms with van der Waals surface area (Å²) < 4.78 is 0. The van der Waals surface area contributed by atoms with Gasteiger partial charge in [-0.2, -0.15) is 5.10 Å². The maximum atomic E-state index is 12.8. The molecule has 2 aliphatic heterocycles. The van der Waals surface area contributed by atoms with E-state index in [0.717, 1.165) is 43.4 Å². The summed E-state index contributed by atoms with van der Waals surface area (Å²) in [7, 11) is 0. The van der Waals surface area contributed by atoms with Crippen LogP contribution in [0.3, 0.4) is 0 Å². The number of anilines is 1. The summed E-state index contributed by atoms with van der Waals surface area (Å²) in [5, 5.41) is 7.26. The van der Waals surface area contributed by atoms with Gasteiger partial charge in [0.25, 0.3) is 5.91 Å². The molecule has 2 aromatic heterocycles. The van der Waals surface area contributed by atoms with Gasteiger partial charge in [-0.15, -0.1) is 0 Å². The fourth-order valence-corrected chi connectivity index (χ4v) is 3.94. The highest BCUT2D eigenvalue weighted by molar-refractivity contribution is 5.92. The number of nitrogens with zero attached hydrogens (tertiary/aromatic N) is 5. The quantitative estimate of drug-likeness (QED) is 0.893. The number of nitrogens with one attached hydrogen (secondary N) is 1. The van der Waals surface area contributed by atoms with E-state index in [2.05, 4.69) is 45.8 Å². The van der Waals surface area contributed by atoms with E-state index in [1.165, 1.54) is 0 Å². The van der Waals surface area contributed by atoms with Crippen molar-refractivity contribution in [3.8, 4) is 0 Å². The molecule has 0 saturated carbocycles. The SMILES string of the molecule is Cc1cc(N2CC3CN(C(=O)c4cc(C(C)(C)C)[nH]n4)CC3C2)ncn1. The van der Waals surface area contributed by atoms with Crippen LogP contribution in [0.5, 0.6) is 0 Å². The third-order valence-electron chi connectivity index (χ3n) is 5.49. The van der Waals surface area contributed by atoms with E-state index in [1.807, 2.05) is 24.0 Å². The van der Waals surface area contributed by atoms with Gasteiger partial charge in [-0.05, 0) is 13.0 Å². The van der Waals surface area contributed by atoms with Crippen LogP contribution in [0.1, 0.15) is 42.6 Å². The number of H-pyrrole nitrogens is 1. The number of fused-ring (bicyclic) bond motifs is 1. The number of hydrogen-bond acceptors (Lipinski definition) is 5. The Morgan fingerprint density at radius 1 is 1.12 bits per heavy atom. The average molecular weight is 354 g/mol. The normalized spacial score (nSPS) is 22.8. The Balaban J connectivity index is 1.41. The molecule has 26 heavy (non-hydrogen) atoms. The van der Waals surface area contributed by atoms with E-state index < -0.39 is 0 Å². The minimum Gasteiger partial charge on any atom is -0.356 e. The van der Waals surface area contributed by atoms with Crippen molar-refractivity contribution in [3.05, 3.63) is 35.5 Å². The highest BCUT2D eigenvalue weighted by Crippen LogP contribution is 2.34. The number of aryl methyl sites for hydroxylation is 1. The van der Waals surface area contributed by atoms with E-state index in [4.69, 9.17) is 0 Å². The molecule has 1 amide bonds.